The van der Waals surface area contributed by atoms with Crippen molar-refractivity contribution in [3.8, 4) is 17.1 Å². The Morgan fingerprint density at radius 2 is 1.71 bits per heavy atom. The quantitative estimate of drug-likeness (QED) is 0.251. The molecule has 0 aliphatic rings. The third-order valence-corrected chi connectivity index (χ3v) is 5.56. The van der Waals surface area contributed by atoms with E-state index in [1.54, 1.807) is 15.7 Å². The van der Waals surface area contributed by atoms with Crippen molar-refractivity contribution in [1.29, 1.82) is 0 Å². The van der Waals surface area contributed by atoms with E-state index in [9.17, 15) is 9.59 Å². The van der Waals surface area contributed by atoms with Crippen LogP contribution < -0.4 is 0 Å². The van der Waals surface area contributed by atoms with E-state index in [0.29, 0.717) is 17.0 Å². The van der Waals surface area contributed by atoms with Gasteiger partial charge in [-0.1, -0.05) is 36.4 Å². The van der Waals surface area contributed by atoms with E-state index in [1.165, 1.54) is 6.08 Å². The Balaban J connectivity index is 1.58. The minimum absolute atomic E-state index is 0.0203. The van der Waals surface area contributed by atoms with Crippen molar-refractivity contribution < 1.29 is 18.7 Å². The summed E-state index contributed by atoms with van der Waals surface area (Å²) in [4.78, 5) is 26.6. The predicted octanol–water partition coefficient (Wildman–Crippen LogP) is 5.49. The van der Waals surface area contributed by atoms with Gasteiger partial charge in [0.25, 0.3) is 5.91 Å². The number of amides is 1. The SMILES string of the molecule is CC(C)N(C(=O)COC(=O)C=Cc1cn(-c2ccccc2)nc1-c1cc2ccccc2o1)C(C)C. The first-order chi connectivity index (χ1) is 16.8. The lowest BCUT2D eigenvalue weighted by atomic mass is 10.2. The maximum atomic E-state index is 12.5. The van der Waals surface area contributed by atoms with Crippen LogP contribution in [-0.4, -0.2) is 45.2 Å². The van der Waals surface area contributed by atoms with Gasteiger partial charge in [0, 0.05) is 35.3 Å². The molecule has 0 fully saturated rings. The molecule has 2 heterocycles. The Morgan fingerprint density at radius 1 is 1.03 bits per heavy atom. The number of nitrogens with zero attached hydrogens (tertiary/aromatic N) is 3. The number of aromatic nitrogens is 2. The first kappa shape index (κ1) is 24.0. The molecule has 180 valence electrons. The highest BCUT2D eigenvalue weighted by Gasteiger charge is 2.21. The fraction of sp³-hybridized carbons (Fsp3) is 0.250. The van der Waals surface area contributed by atoms with Gasteiger partial charge >= 0.3 is 5.97 Å². The van der Waals surface area contributed by atoms with Gasteiger partial charge in [-0.25, -0.2) is 9.48 Å². The van der Waals surface area contributed by atoms with Crippen molar-refractivity contribution in [2.45, 2.75) is 39.8 Å². The van der Waals surface area contributed by atoms with Crippen molar-refractivity contribution in [1.82, 2.24) is 14.7 Å². The molecule has 0 saturated carbocycles. The second kappa shape index (κ2) is 10.4. The van der Waals surface area contributed by atoms with Crippen molar-refractivity contribution in [3.63, 3.8) is 0 Å². The molecule has 2 aromatic heterocycles. The fourth-order valence-corrected chi connectivity index (χ4v) is 4.10. The van der Waals surface area contributed by atoms with Gasteiger partial charge in [0.1, 0.15) is 11.3 Å². The Kier molecular flexibility index (Phi) is 7.15. The van der Waals surface area contributed by atoms with E-state index in [1.807, 2.05) is 94.6 Å². The zero-order chi connectivity index (χ0) is 24.9. The van der Waals surface area contributed by atoms with E-state index in [4.69, 9.17) is 14.3 Å². The normalized spacial score (nSPS) is 11.6. The lowest BCUT2D eigenvalue weighted by Gasteiger charge is -2.30. The van der Waals surface area contributed by atoms with Crippen LogP contribution in [0.3, 0.4) is 0 Å². The number of fused-ring (bicyclic) bond motifs is 1. The highest BCUT2D eigenvalue weighted by atomic mass is 16.5. The Morgan fingerprint density at radius 3 is 2.40 bits per heavy atom. The number of carbonyl (C=O) groups excluding carboxylic acids is 2. The number of furan rings is 1. The molecule has 7 nitrogen and oxygen atoms in total. The number of hydrogen-bond acceptors (Lipinski definition) is 5. The molecule has 0 spiro atoms. The lowest BCUT2D eigenvalue weighted by Crippen LogP contribution is -2.44. The molecule has 4 rings (SSSR count). The van der Waals surface area contributed by atoms with Gasteiger partial charge in [-0.2, -0.15) is 5.10 Å². The second-order valence-corrected chi connectivity index (χ2v) is 8.79. The summed E-state index contributed by atoms with van der Waals surface area (Å²) >= 11 is 0. The molecule has 0 radical (unpaired) electrons. The predicted molar refractivity (Wildman–Crippen MR) is 136 cm³/mol. The molecule has 0 aliphatic heterocycles. The van der Waals surface area contributed by atoms with Gasteiger partial charge in [-0.05, 0) is 58.0 Å². The Bertz CT molecular complexity index is 1310. The van der Waals surface area contributed by atoms with Crippen molar-refractivity contribution in [3.05, 3.63) is 78.5 Å². The average Bonchev–Trinajstić information content (AvgIpc) is 3.45. The number of carbonyl (C=O) groups is 2. The third kappa shape index (κ3) is 5.51. The first-order valence-electron chi connectivity index (χ1n) is 11.6. The number of hydrogen-bond donors (Lipinski definition) is 0. The van der Waals surface area contributed by atoms with Gasteiger partial charge in [0.2, 0.25) is 0 Å². The van der Waals surface area contributed by atoms with Crippen molar-refractivity contribution >= 4 is 28.9 Å². The standard InChI is InChI=1S/C28H29N3O4/c1-19(2)31(20(3)4)26(32)18-34-27(33)15-14-22-17-30(23-11-6-5-7-12-23)29-28(22)25-16-21-10-8-9-13-24(21)35-25/h5-17,19-20H,18H2,1-4H3. The first-order valence-corrected chi connectivity index (χ1v) is 11.6. The summed E-state index contributed by atoms with van der Waals surface area (Å²) in [6, 6.07) is 19.4. The van der Waals surface area contributed by atoms with Crippen LogP contribution in [0.1, 0.15) is 33.3 Å². The number of ether oxygens (including phenoxy) is 1. The number of para-hydroxylation sites is 2. The molecule has 7 heteroatoms. The van der Waals surface area contributed by atoms with Gasteiger partial charge in [-0.3, -0.25) is 4.79 Å². The largest absolute Gasteiger partial charge is 0.454 e. The summed E-state index contributed by atoms with van der Waals surface area (Å²) in [6.45, 7) is 7.43. The van der Waals surface area contributed by atoms with Crippen LogP contribution in [-0.2, 0) is 14.3 Å². The van der Waals surface area contributed by atoms with Gasteiger partial charge < -0.3 is 14.1 Å². The Hall–Kier alpha value is -4.13. The molecule has 0 unspecified atom stereocenters. The molecule has 0 bridgehead atoms. The average molecular weight is 472 g/mol. The van der Waals surface area contributed by atoms with Gasteiger partial charge in [0.15, 0.2) is 12.4 Å². The topological polar surface area (TPSA) is 77.6 Å². The summed E-state index contributed by atoms with van der Waals surface area (Å²) in [5, 5.41) is 5.68. The Labute approximate surface area is 204 Å². The van der Waals surface area contributed by atoms with E-state index < -0.39 is 5.97 Å². The number of rotatable bonds is 8. The van der Waals surface area contributed by atoms with Crippen LogP contribution in [0.5, 0.6) is 0 Å². The van der Waals surface area contributed by atoms with Crippen LogP contribution in [0, 0.1) is 0 Å². The molecule has 1 amide bonds. The third-order valence-electron chi connectivity index (χ3n) is 5.56. The zero-order valence-corrected chi connectivity index (χ0v) is 20.3. The smallest absolute Gasteiger partial charge is 0.331 e. The van der Waals surface area contributed by atoms with Crippen LogP contribution in [0.2, 0.25) is 0 Å². The minimum Gasteiger partial charge on any atom is -0.454 e. The van der Waals surface area contributed by atoms with E-state index >= 15 is 0 Å². The van der Waals surface area contributed by atoms with E-state index in [2.05, 4.69) is 0 Å². The van der Waals surface area contributed by atoms with Crippen LogP contribution in [0.4, 0.5) is 0 Å². The number of benzene rings is 2. The molecule has 0 saturated heterocycles. The van der Waals surface area contributed by atoms with Crippen LogP contribution in [0.15, 0.2) is 77.4 Å². The summed E-state index contributed by atoms with van der Waals surface area (Å²) in [5.41, 5.74) is 2.91. The van der Waals surface area contributed by atoms with Gasteiger partial charge in [-0.15, -0.1) is 0 Å². The van der Waals surface area contributed by atoms with Gasteiger partial charge in [0.05, 0.1) is 5.69 Å². The molecule has 35 heavy (non-hydrogen) atoms. The van der Waals surface area contributed by atoms with Crippen LogP contribution >= 0.6 is 0 Å². The zero-order valence-electron chi connectivity index (χ0n) is 20.3. The molecule has 2 aromatic carbocycles. The molecule has 4 aromatic rings. The molecule has 0 atom stereocenters. The molecule has 0 N–H and O–H groups in total. The molecule has 0 aliphatic carbocycles. The minimum atomic E-state index is -0.603. The summed E-state index contributed by atoms with van der Waals surface area (Å²) < 4.78 is 13.0. The summed E-state index contributed by atoms with van der Waals surface area (Å²) in [7, 11) is 0. The maximum absolute atomic E-state index is 12.5. The monoisotopic (exact) mass is 471 g/mol. The van der Waals surface area contributed by atoms with E-state index in [0.717, 1.165) is 16.7 Å². The molecular formula is C28H29N3O4. The highest BCUT2D eigenvalue weighted by Crippen LogP contribution is 2.30. The second-order valence-electron chi connectivity index (χ2n) is 8.79. The van der Waals surface area contributed by atoms with Crippen LogP contribution in [0.25, 0.3) is 34.2 Å². The highest BCUT2D eigenvalue weighted by molar-refractivity contribution is 5.91. The maximum Gasteiger partial charge on any atom is 0.331 e. The lowest BCUT2D eigenvalue weighted by molar-refractivity contribution is -0.150. The molecular weight excluding hydrogens is 442 g/mol. The van der Waals surface area contributed by atoms with Crippen molar-refractivity contribution in [2.75, 3.05) is 6.61 Å². The van der Waals surface area contributed by atoms with Crippen molar-refractivity contribution in [2.24, 2.45) is 0 Å². The summed E-state index contributed by atoms with van der Waals surface area (Å²) in [5.74, 6) is -0.237. The van der Waals surface area contributed by atoms with E-state index in [-0.39, 0.29) is 24.6 Å². The number of esters is 1. The summed E-state index contributed by atoms with van der Waals surface area (Å²) in [6.07, 6.45) is 4.76. The fourth-order valence-electron chi connectivity index (χ4n) is 4.10.